The molecule has 0 radical (unpaired) electrons. The average Bonchev–Trinajstić information content (AvgIpc) is 3.09. The molecule has 0 saturated heterocycles. The maximum Gasteiger partial charge on any atom is 0.408 e. The fourth-order valence-electron chi connectivity index (χ4n) is 2.04. The number of carbonyl (C=O) groups excluding carboxylic acids is 1. The van der Waals surface area contributed by atoms with E-state index < -0.39 is 11.7 Å². The van der Waals surface area contributed by atoms with Crippen LogP contribution in [0.2, 0.25) is 0 Å². The number of imidazole rings is 1. The summed E-state index contributed by atoms with van der Waals surface area (Å²) >= 11 is 1.47. The molecule has 3 rings (SSSR count). The standard InChI is InChI=1S/C16H18N4O2S/c1-16(2,3)22-15(21)17-8-13-18-12(9-23-13)14-19-10-6-4-5-7-11(10)20-14/h4-7,9H,8H2,1-3H3,(H,17,21)(H,19,20). The summed E-state index contributed by atoms with van der Waals surface area (Å²) in [4.78, 5) is 23.9. The Morgan fingerprint density at radius 1 is 1.30 bits per heavy atom. The van der Waals surface area contributed by atoms with Crippen LogP contribution in [-0.4, -0.2) is 26.6 Å². The van der Waals surface area contributed by atoms with Crippen molar-refractivity contribution in [3.63, 3.8) is 0 Å². The molecule has 0 unspecified atom stereocenters. The molecule has 6 nitrogen and oxygen atoms in total. The van der Waals surface area contributed by atoms with Gasteiger partial charge in [-0.3, -0.25) is 0 Å². The van der Waals surface area contributed by atoms with Gasteiger partial charge in [0.2, 0.25) is 0 Å². The Balaban J connectivity index is 1.67. The summed E-state index contributed by atoms with van der Waals surface area (Å²) < 4.78 is 5.20. The van der Waals surface area contributed by atoms with Crippen LogP contribution < -0.4 is 5.32 Å². The van der Waals surface area contributed by atoms with Gasteiger partial charge in [0.15, 0.2) is 5.82 Å². The molecule has 0 atom stereocenters. The van der Waals surface area contributed by atoms with Gasteiger partial charge in [-0.25, -0.2) is 14.8 Å². The maximum absolute atomic E-state index is 11.7. The van der Waals surface area contributed by atoms with Gasteiger partial charge in [-0.1, -0.05) is 12.1 Å². The highest BCUT2D eigenvalue weighted by atomic mass is 32.1. The molecule has 0 bridgehead atoms. The third-order valence-corrected chi connectivity index (χ3v) is 3.82. The van der Waals surface area contributed by atoms with Gasteiger partial charge in [0.05, 0.1) is 17.6 Å². The number of ether oxygens (including phenoxy) is 1. The monoisotopic (exact) mass is 330 g/mol. The second-order valence-electron chi connectivity index (χ2n) is 6.08. The van der Waals surface area contributed by atoms with Crippen molar-refractivity contribution < 1.29 is 9.53 Å². The predicted octanol–water partition coefficient (Wildman–Crippen LogP) is 3.71. The van der Waals surface area contributed by atoms with Gasteiger partial charge in [0, 0.05) is 5.38 Å². The molecule has 1 aromatic carbocycles. The normalized spacial score (nSPS) is 11.6. The van der Waals surface area contributed by atoms with Gasteiger partial charge in [-0.15, -0.1) is 11.3 Å². The first-order chi connectivity index (χ1) is 10.9. The molecule has 2 N–H and O–H groups in total. The third-order valence-electron chi connectivity index (χ3n) is 2.97. The first kappa shape index (κ1) is 15.5. The summed E-state index contributed by atoms with van der Waals surface area (Å²) in [5.74, 6) is 0.728. The number of benzene rings is 1. The number of aromatic nitrogens is 3. The summed E-state index contributed by atoms with van der Waals surface area (Å²) in [6, 6.07) is 7.83. The lowest BCUT2D eigenvalue weighted by molar-refractivity contribution is 0.0523. The van der Waals surface area contributed by atoms with E-state index in [0.717, 1.165) is 27.6 Å². The number of nitrogens with one attached hydrogen (secondary N) is 2. The molecule has 0 aliphatic heterocycles. The van der Waals surface area contributed by atoms with Crippen LogP contribution in [0.25, 0.3) is 22.6 Å². The van der Waals surface area contributed by atoms with Crippen molar-refractivity contribution >= 4 is 28.5 Å². The Kier molecular flexibility index (Phi) is 4.04. The van der Waals surface area contributed by atoms with Crippen molar-refractivity contribution in [2.24, 2.45) is 0 Å². The molecule has 3 aromatic rings. The van der Waals surface area contributed by atoms with E-state index in [1.54, 1.807) is 0 Å². The van der Waals surface area contributed by atoms with Crippen LogP contribution in [0.1, 0.15) is 25.8 Å². The number of hydrogen-bond donors (Lipinski definition) is 2. The number of alkyl carbamates (subject to hydrolysis) is 1. The van der Waals surface area contributed by atoms with Crippen molar-refractivity contribution in [1.29, 1.82) is 0 Å². The molecule has 2 aromatic heterocycles. The van der Waals surface area contributed by atoms with Gasteiger partial charge in [0.25, 0.3) is 0 Å². The van der Waals surface area contributed by atoms with Crippen LogP contribution in [0, 0.1) is 0 Å². The second kappa shape index (κ2) is 6.00. The Morgan fingerprint density at radius 3 is 2.83 bits per heavy atom. The Bertz CT molecular complexity index is 799. The van der Waals surface area contributed by atoms with E-state index >= 15 is 0 Å². The predicted molar refractivity (Wildman–Crippen MR) is 90.3 cm³/mol. The molecule has 1 amide bonds. The van der Waals surface area contributed by atoms with Crippen LogP contribution in [0.4, 0.5) is 4.79 Å². The number of para-hydroxylation sites is 2. The van der Waals surface area contributed by atoms with Crippen molar-refractivity contribution in [3.05, 3.63) is 34.7 Å². The molecule has 0 aliphatic carbocycles. The summed E-state index contributed by atoms with van der Waals surface area (Å²) in [6.45, 7) is 5.82. The highest BCUT2D eigenvalue weighted by Crippen LogP contribution is 2.22. The molecular formula is C16H18N4O2S. The van der Waals surface area contributed by atoms with Gasteiger partial charge in [-0.2, -0.15) is 0 Å². The minimum atomic E-state index is -0.508. The molecule has 7 heteroatoms. The van der Waals surface area contributed by atoms with E-state index in [1.165, 1.54) is 11.3 Å². The molecular weight excluding hydrogens is 312 g/mol. The zero-order chi connectivity index (χ0) is 16.4. The number of thiazole rings is 1. The number of fused-ring (bicyclic) bond motifs is 1. The van der Waals surface area contributed by atoms with Crippen molar-refractivity contribution in [2.45, 2.75) is 32.9 Å². The highest BCUT2D eigenvalue weighted by molar-refractivity contribution is 7.09. The lowest BCUT2D eigenvalue weighted by Gasteiger charge is -2.19. The Morgan fingerprint density at radius 2 is 2.09 bits per heavy atom. The number of rotatable bonds is 3. The minimum absolute atomic E-state index is 0.333. The van der Waals surface area contributed by atoms with Crippen molar-refractivity contribution in [3.8, 4) is 11.5 Å². The summed E-state index contributed by atoms with van der Waals surface area (Å²) in [5, 5.41) is 5.42. The molecule has 0 spiro atoms. The lowest BCUT2D eigenvalue weighted by Crippen LogP contribution is -2.32. The Hall–Kier alpha value is -2.41. The zero-order valence-corrected chi connectivity index (χ0v) is 14.0. The van der Waals surface area contributed by atoms with Crippen LogP contribution in [0.5, 0.6) is 0 Å². The Labute approximate surface area is 137 Å². The van der Waals surface area contributed by atoms with Gasteiger partial charge in [0.1, 0.15) is 16.3 Å². The minimum Gasteiger partial charge on any atom is -0.444 e. The fourth-order valence-corrected chi connectivity index (χ4v) is 2.76. The maximum atomic E-state index is 11.7. The molecule has 23 heavy (non-hydrogen) atoms. The number of carbonyl (C=O) groups is 1. The number of nitrogens with zero attached hydrogens (tertiary/aromatic N) is 2. The quantitative estimate of drug-likeness (QED) is 0.767. The second-order valence-corrected chi connectivity index (χ2v) is 7.03. The van der Waals surface area contributed by atoms with E-state index in [4.69, 9.17) is 4.74 Å². The van der Waals surface area contributed by atoms with E-state index in [2.05, 4.69) is 20.3 Å². The van der Waals surface area contributed by atoms with Crippen LogP contribution in [0.15, 0.2) is 29.6 Å². The average molecular weight is 330 g/mol. The summed E-state index contributed by atoms with van der Waals surface area (Å²) in [7, 11) is 0. The van der Waals surface area contributed by atoms with E-state index in [0.29, 0.717) is 6.54 Å². The highest BCUT2D eigenvalue weighted by Gasteiger charge is 2.16. The fraction of sp³-hybridized carbons (Fsp3) is 0.312. The first-order valence-corrected chi connectivity index (χ1v) is 8.15. The molecule has 2 heterocycles. The van der Waals surface area contributed by atoms with Gasteiger partial charge in [-0.05, 0) is 32.9 Å². The van der Waals surface area contributed by atoms with Crippen LogP contribution in [0.3, 0.4) is 0 Å². The largest absolute Gasteiger partial charge is 0.444 e. The SMILES string of the molecule is CC(C)(C)OC(=O)NCc1nc(-c2nc3ccccc3[nH]2)cs1. The van der Waals surface area contributed by atoms with E-state index in [-0.39, 0.29) is 0 Å². The molecule has 0 aliphatic rings. The zero-order valence-electron chi connectivity index (χ0n) is 13.2. The number of aromatic amines is 1. The lowest BCUT2D eigenvalue weighted by atomic mass is 10.2. The van der Waals surface area contributed by atoms with Crippen LogP contribution >= 0.6 is 11.3 Å². The number of amides is 1. The molecule has 0 saturated carbocycles. The summed E-state index contributed by atoms with van der Waals surface area (Å²) in [6.07, 6.45) is -0.446. The van der Waals surface area contributed by atoms with E-state index in [9.17, 15) is 4.79 Å². The smallest absolute Gasteiger partial charge is 0.408 e. The number of H-pyrrole nitrogens is 1. The van der Waals surface area contributed by atoms with Gasteiger partial charge >= 0.3 is 6.09 Å². The first-order valence-electron chi connectivity index (χ1n) is 7.27. The van der Waals surface area contributed by atoms with Gasteiger partial charge < -0.3 is 15.0 Å². The third kappa shape index (κ3) is 3.87. The number of hydrogen-bond acceptors (Lipinski definition) is 5. The molecule has 0 fully saturated rings. The van der Waals surface area contributed by atoms with Crippen molar-refractivity contribution in [1.82, 2.24) is 20.3 Å². The van der Waals surface area contributed by atoms with E-state index in [1.807, 2.05) is 50.4 Å². The van der Waals surface area contributed by atoms with Crippen molar-refractivity contribution in [2.75, 3.05) is 0 Å². The summed E-state index contributed by atoms with van der Waals surface area (Å²) in [5.41, 5.74) is 2.15. The molecule has 120 valence electrons. The topological polar surface area (TPSA) is 79.9 Å². The van der Waals surface area contributed by atoms with Crippen LogP contribution in [-0.2, 0) is 11.3 Å².